The summed E-state index contributed by atoms with van der Waals surface area (Å²) in [4.78, 5) is 32.1. The van der Waals surface area contributed by atoms with Crippen molar-refractivity contribution in [1.29, 1.82) is 0 Å². The van der Waals surface area contributed by atoms with E-state index in [0.717, 1.165) is 44.1 Å². The van der Waals surface area contributed by atoms with Gasteiger partial charge in [0.25, 0.3) is 11.8 Å². The fraction of sp³-hybridized carbons (Fsp3) is 0.567. The Bertz CT molecular complexity index is 1250. The van der Waals surface area contributed by atoms with Gasteiger partial charge in [0.15, 0.2) is 5.60 Å². The zero-order valence-corrected chi connectivity index (χ0v) is 24.0. The van der Waals surface area contributed by atoms with E-state index in [1.165, 1.54) is 25.1 Å². The predicted octanol–water partition coefficient (Wildman–Crippen LogP) is 6.16. The Morgan fingerprint density at radius 2 is 1.73 bits per heavy atom. The third-order valence-electron chi connectivity index (χ3n) is 8.47. The van der Waals surface area contributed by atoms with Gasteiger partial charge in [-0.2, -0.15) is 13.2 Å². The molecule has 5 rings (SSSR count). The number of fused-ring (bicyclic) bond motifs is 2. The van der Waals surface area contributed by atoms with Crippen LogP contribution in [0.4, 0.5) is 19.0 Å². The minimum atomic E-state index is -4.47. The van der Waals surface area contributed by atoms with Gasteiger partial charge < -0.3 is 20.3 Å². The molecule has 3 fully saturated rings. The van der Waals surface area contributed by atoms with E-state index in [9.17, 15) is 22.8 Å². The number of pyridine rings is 1. The lowest BCUT2D eigenvalue weighted by molar-refractivity contribution is -0.135. The molecule has 2 bridgehead atoms. The highest BCUT2D eigenvalue weighted by Crippen LogP contribution is 2.42. The van der Waals surface area contributed by atoms with Crippen molar-refractivity contribution in [3.8, 4) is 5.75 Å². The van der Waals surface area contributed by atoms with Crippen LogP contribution in [0.2, 0.25) is 5.02 Å². The molecule has 1 aromatic heterocycles. The van der Waals surface area contributed by atoms with Crippen molar-refractivity contribution in [2.24, 2.45) is 0 Å². The minimum absolute atomic E-state index is 0.0222. The zero-order valence-electron chi connectivity index (χ0n) is 23.3. The number of nitrogens with one attached hydrogen (secondary N) is 2. The SMILES string of the molecule is CC(C)(Oc1ccc(Cl)cc1C1CCCC1)C(=O)NC1C[C@H]2CC[C@@H](C1)N2c1ccc(C(=O)NCC(F)(F)F)cn1. The minimum Gasteiger partial charge on any atom is -0.478 e. The van der Waals surface area contributed by atoms with E-state index in [4.69, 9.17) is 16.3 Å². The topological polar surface area (TPSA) is 83.6 Å². The number of benzene rings is 1. The van der Waals surface area contributed by atoms with Crippen LogP contribution in [-0.2, 0) is 4.79 Å². The number of hydrogen-bond donors (Lipinski definition) is 2. The highest BCUT2D eigenvalue weighted by atomic mass is 35.5. The van der Waals surface area contributed by atoms with E-state index in [2.05, 4.69) is 15.2 Å². The molecule has 0 radical (unpaired) electrons. The summed E-state index contributed by atoms with van der Waals surface area (Å²) in [5.41, 5.74) is 0.0617. The monoisotopic (exact) mass is 592 g/mol. The first-order valence-corrected chi connectivity index (χ1v) is 14.7. The second-order valence-electron chi connectivity index (χ2n) is 11.9. The summed E-state index contributed by atoms with van der Waals surface area (Å²) >= 11 is 6.30. The molecule has 3 aliphatic rings. The zero-order chi connectivity index (χ0) is 29.4. The number of anilines is 1. The summed E-state index contributed by atoms with van der Waals surface area (Å²) in [6.07, 6.45) is 4.74. The number of hydrogen-bond acceptors (Lipinski definition) is 5. The van der Waals surface area contributed by atoms with Gasteiger partial charge >= 0.3 is 6.18 Å². The van der Waals surface area contributed by atoms with Gasteiger partial charge in [-0.15, -0.1) is 0 Å². The van der Waals surface area contributed by atoms with E-state index in [1.54, 1.807) is 26.0 Å². The number of carbonyl (C=O) groups excluding carboxylic acids is 2. The summed E-state index contributed by atoms with van der Waals surface area (Å²) in [5.74, 6) is 0.789. The van der Waals surface area contributed by atoms with Crippen LogP contribution >= 0.6 is 11.6 Å². The van der Waals surface area contributed by atoms with Gasteiger partial charge in [0.1, 0.15) is 18.1 Å². The molecule has 7 nitrogen and oxygen atoms in total. The number of carbonyl (C=O) groups is 2. The molecule has 3 heterocycles. The number of piperidine rings is 1. The molecule has 2 amide bonds. The van der Waals surface area contributed by atoms with Gasteiger partial charge in [-0.25, -0.2) is 4.98 Å². The Morgan fingerprint density at radius 3 is 2.34 bits per heavy atom. The van der Waals surface area contributed by atoms with Crippen LogP contribution in [0.25, 0.3) is 0 Å². The number of amides is 2. The average molecular weight is 593 g/mol. The Labute approximate surface area is 243 Å². The number of ether oxygens (including phenoxy) is 1. The van der Waals surface area contributed by atoms with Crippen molar-refractivity contribution in [2.75, 3.05) is 11.4 Å². The van der Waals surface area contributed by atoms with E-state index in [0.29, 0.717) is 22.5 Å². The largest absolute Gasteiger partial charge is 0.478 e. The van der Waals surface area contributed by atoms with Crippen LogP contribution in [0.15, 0.2) is 36.5 Å². The summed E-state index contributed by atoms with van der Waals surface area (Å²) < 4.78 is 43.6. The second-order valence-corrected chi connectivity index (χ2v) is 12.3. The first-order valence-electron chi connectivity index (χ1n) is 14.3. The molecule has 2 aromatic rings. The van der Waals surface area contributed by atoms with Gasteiger partial charge in [-0.05, 0) is 94.2 Å². The lowest BCUT2D eigenvalue weighted by Crippen LogP contribution is -2.55. The molecule has 11 heteroatoms. The normalized spacial score (nSPS) is 23.0. The smallest absolute Gasteiger partial charge is 0.405 e. The Morgan fingerprint density at radius 1 is 1.05 bits per heavy atom. The van der Waals surface area contributed by atoms with Crippen LogP contribution in [0.1, 0.15) is 87.1 Å². The molecule has 3 atom stereocenters. The van der Waals surface area contributed by atoms with E-state index in [1.807, 2.05) is 17.4 Å². The van der Waals surface area contributed by atoms with E-state index in [-0.39, 0.29) is 29.6 Å². The summed E-state index contributed by atoms with van der Waals surface area (Å²) in [6, 6.07) is 9.09. The van der Waals surface area contributed by atoms with Gasteiger partial charge in [0.2, 0.25) is 0 Å². The molecule has 1 saturated carbocycles. The lowest BCUT2D eigenvalue weighted by Gasteiger charge is -2.41. The van der Waals surface area contributed by atoms with Crippen LogP contribution in [-0.4, -0.2) is 53.2 Å². The lowest BCUT2D eigenvalue weighted by atomic mass is 9.95. The fourth-order valence-corrected chi connectivity index (χ4v) is 6.65. The summed E-state index contributed by atoms with van der Waals surface area (Å²) in [6.45, 7) is 2.19. The van der Waals surface area contributed by atoms with Gasteiger partial charge in [0.05, 0.1) is 5.56 Å². The Kier molecular flexibility index (Phi) is 8.41. The van der Waals surface area contributed by atoms with Crippen LogP contribution in [0.3, 0.4) is 0 Å². The molecule has 2 aliphatic heterocycles. The standard InChI is InChI=1S/C30H36ClF3N4O3/c1-29(2,41-25-11-8-20(31)13-24(25)18-5-3-4-6-18)28(40)37-21-14-22-9-10-23(15-21)38(22)26-12-7-19(16-35-26)27(39)36-17-30(32,33)34/h7-8,11-13,16,18,21-23H,3-6,9-10,14-15,17H2,1-2H3,(H,36,39)(H,37,40)/t21?,22-,23+. The van der Waals surface area contributed by atoms with Crippen molar-refractivity contribution in [2.45, 2.75) is 101 Å². The highest BCUT2D eigenvalue weighted by Gasteiger charge is 2.43. The van der Waals surface area contributed by atoms with Crippen LogP contribution in [0, 0.1) is 0 Å². The quantitative estimate of drug-likeness (QED) is 0.384. The molecule has 2 saturated heterocycles. The third-order valence-corrected chi connectivity index (χ3v) is 8.71. The maximum Gasteiger partial charge on any atom is 0.405 e. The fourth-order valence-electron chi connectivity index (χ4n) is 6.47. The third kappa shape index (κ3) is 6.90. The summed E-state index contributed by atoms with van der Waals surface area (Å²) in [7, 11) is 0. The molecular formula is C30H36ClF3N4O3. The average Bonchev–Trinajstić information content (AvgIpc) is 3.54. The van der Waals surface area contributed by atoms with Crippen molar-refractivity contribution in [1.82, 2.24) is 15.6 Å². The van der Waals surface area contributed by atoms with Crippen LogP contribution < -0.4 is 20.3 Å². The van der Waals surface area contributed by atoms with Crippen molar-refractivity contribution in [3.63, 3.8) is 0 Å². The maximum atomic E-state index is 13.4. The van der Waals surface area contributed by atoms with Crippen LogP contribution in [0.5, 0.6) is 5.75 Å². The number of aromatic nitrogens is 1. The number of alkyl halides is 3. The van der Waals surface area contributed by atoms with Gasteiger partial charge in [-0.1, -0.05) is 24.4 Å². The molecule has 1 aliphatic carbocycles. The van der Waals surface area contributed by atoms with E-state index >= 15 is 0 Å². The Hall–Kier alpha value is -3.01. The number of halogens is 4. The van der Waals surface area contributed by atoms with Gasteiger partial charge in [0, 0.05) is 29.3 Å². The predicted molar refractivity (Wildman–Crippen MR) is 150 cm³/mol. The molecule has 0 spiro atoms. The Balaban J connectivity index is 1.19. The maximum absolute atomic E-state index is 13.4. The first-order chi connectivity index (χ1) is 19.4. The molecule has 1 unspecified atom stereocenters. The second kappa shape index (κ2) is 11.7. The molecule has 41 heavy (non-hydrogen) atoms. The number of nitrogens with zero attached hydrogens (tertiary/aromatic N) is 2. The molecule has 1 aromatic carbocycles. The molecule has 222 valence electrons. The van der Waals surface area contributed by atoms with Crippen molar-refractivity contribution < 1.29 is 27.5 Å². The molecular weight excluding hydrogens is 557 g/mol. The first kappa shape index (κ1) is 29.5. The molecule has 2 N–H and O–H groups in total. The van der Waals surface area contributed by atoms with Crippen molar-refractivity contribution in [3.05, 3.63) is 52.7 Å². The van der Waals surface area contributed by atoms with Crippen molar-refractivity contribution >= 4 is 29.2 Å². The van der Waals surface area contributed by atoms with E-state index < -0.39 is 24.2 Å². The number of rotatable bonds is 8. The van der Waals surface area contributed by atoms with Gasteiger partial charge in [-0.3, -0.25) is 9.59 Å². The summed E-state index contributed by atoms with van der Waals surface area (Å²) in [5, 5.41) is 5.75. The highest BCUT2D eigenvalue weighted by molar-refractivity contribution is 6.30.